The van der Waals surface area contributed by atoms with Crippen LogP contribution < -0.4 is 11.1 Å². The molecule has 94 valence electrons. The Bertz CT molecular complexity index is 576. The second kappa shape index (κ2) is 5.14. The van der Waals surface area contributed by atoms with Crippen LogP contribution >= 0.6 is 12.2 Å². The topological polar surface area (TPSA) is 68.8 Å². The second-order valence-electron chi connectivity index (χ2n) is 4.01. The van der Waals surface area contributed by atoms with Crippen LogP contribution in [0.15, 0.2) is 24.4 Å². The van der Waals surface area contributed by atoms with E-state index in [9.17, 15) is 0 Å². The van der Waals surface area contributed by atoms with Crippen LogP contribution in [0.1, 0.15) is 17.0 Å². The van der Waals surface area contributed by atoms with E-state index in [1.165, 1.54) is 0 Å². The van der Waals surface area contributed by atoms with E-state index in [0.717, 1.165) is 17.0 Å². The van der Waals surface area contributed by atoms with Crippen molar-refractivity contribution >= 4 is 23.0 Å². The molecule has 0 saturated carbocycles. The van der Waals surface area contributed by atoms with E-state index < -0.39 is 0 Å². The molecule has 0 spiro atoms. The largest absolute Gasteiger partial charge is 0.389 e. The first-order valence-electron chi connectivity index (χ1n) is 5.56. The van der Waals surface area contributed by atoms with Crippen LogP contribution in [0.5, 0.6) is 0 Å². The van der Waals surface area contributed by atoms with Crippen molar-refractivity contribution in [3.05, 3.63) is 41.3 Å². The Kier molecular flexibility index (Phi) is 3.57. The molecule has 6 heteroatoms. The highest BCUT2D eigenvalue weighted by Crippen LogP contribution is 2.14. The number of nitrogens with zero attached hydrogens (tertiary/aromatic N) is 3. The maximum Gasteiger partial charge on any atom is 0.136 e. The predicted octanol–water partition coefficient (Wildman–Crippen LogP) is 1.37. The number of pyridine rings is 1. The predicted molar refractivity (Wildman–Crippen MR) is 75.4 cm³/mol. The van der Waals surface area contributed by atoms with Crippen molar-refractivity contribution in [3.63, 3.8) is 0 Å². The molecule has 0 bridgehead atoms. The highest BCUT2D eigenvalue weighted by Gasteiger charge is 2.07. The molecule has 5 nitrogen and oxygen atoms in total. The minimum absolute atomic E-state index is 0.343. The monoisotopic (exact) mass is 261 g/mol. The first-order valence-corrected chi connectivity index (χ1v) is 5.97. The number of hydrogen-bond donors (Lipinski definition) is 2. The van der Waals surface area contributed by atoms with Crippen molar-refractivity contribution in [2.45, 2.75) is 13.5 Å². The van der Waals surface area contributed by atoms with Gasteiger partial charge in [0, 0.05) is 18.9 Å². The maximum absolute atomic E-state index is 5.68. The van der Waals surface area contributed by atoms with Crippen molar-refractivity contribution in [1.82, 2.24) is 14.8 Å². The van der Waals surface area contributed by atoms with Crippen molar-refractivity contribution < 1.29 is 0 Å². The maximum atomic E-state index is 5.68. The lowest BCUT2D eigenvalue weighted by Gasteiger charge is -2.11. The lowest BCUT2D eigenvalue weighted by Crippen LogP contribution is -2.15. The summed E-state index contributed by atoms with van der Waals surface area (Å²) < 4.78 is 1.81. The van der Waals surface area contributed by atoms with E-state index in [1.54, 1.807) is 6.20 Å². The van der Waals surface area contributed by atoms with Crippen LogP contribution in [0, 0.1) is 6.92 Å². The first kappa shape index (κ1) is 12.5. The fraction of sp³-hybridized carbons (Fsp3) is 0.250. The number of aryl methyl sites for hydroxylation is 2. The van der Waals surface area contributed by atoms with Crippen LogP contribution in [0.25, 0.3) is 0 Å². The summed E-state index contributed by atoms with van der Waals surface area (Å²) >= 11 is 5.01. The van der Waals surface area contributed by atoms with Gasteiger partial charge < -0.3 is 11.1 Å². The molecule has 0 radical (unpaired) electrons. The van der Waals surface area contributed by atoms with Crippen molar-refractivity contribution in [3.8, 4) is 0 Å². The smallest absolute Gasteiger partial charge is 0.136 e. The zero-order chi connectivity index (χ0) is 13.1. The van der Waals surface area contributed by atoms with E-state index in [4.69, 9.17) is 18.0 Å². The molecule has 0 aromatic carbocycles. The summed E-state index contributed by atoms with van der Waals surface area (Å²) in [5, 5.41) is 7.35. The summed E-state index contributed by atoms with van der Waals surface area (Å²) in [4.78, 5) is 4.76. The molecule has 0 amide bonds. The molecular formula is C12H15N5S. The third-order valence-corrected chi connectivity index (χ3v) is 2.88. The number of nitrogens with one attached hydrogen (secondary N) is 1. The Hall–Kier alpha value is -1.95. The third kappa shape index (κ3) is 2.65. The number of nitrogens with two attached hydrogens (primary N) is 1. The van der Waals surface area contributed by atoms with Gasteiger partial charge in [-0.15, -0.1) is 0 Å². The zero-order valence-corrected chi connectivity index (χ0v) is 11.2. The van der Waals surface area contributed by atoms with E-state index in [-0.39, 0.29) is 0 Å². The average Bonchev–Trinajstić information content (AvgIpc) is 2.72. The minimum atomic E-state index is 0.343. The molecular weight excluding hydrogens is 246 g/mol. The van der Waals surface area contributed by atoms with Crippen molar-refractivity contribution in [1.29, 1.82) is 0 Å². The number of anilines is 1. The number of thiocarbonyl (C=S) groups is 1. The van der Waals surface area contributed by atoms with Crippen LogP contribution in [-0.2, 0) is 13.6 Å². The summed E-state index contributed by atoms with van der Waals surface area (Å²) in [6.07, 6.45) is 1.76. The Morgan fingerprint density at radius 3 is 2.83 bits per heavy atom. The fourth-order valence-corrected chi connectivity index (χ4v) is 1.80. The van der Waals surface area contributed by atoms with Crippen molar-refractivity contribution in [2.75, 3.05) is 5.32 Å². The molecule has 0 fully saturated rings. The quantitative estimate of drug-likeness (QED) is 0.814. The first-order chi connectivity index (χ1) is 8.58. The van der Waals surface area contributed by atoms with Gasteiger partial charge in [-0.2, -0.15) is 5.10 Å². The minimum Gasteiger partial charge on any atom is -0.389 e. The number of rotatable bonds is 4. The molecule has 0 aliphatic heterocycles. The van der Waals surface area contributed by atoms with Gasteiger partial charge in [0.15, 0.2) is 0 Å². The molecule has 2 heterocycles. The van der Waals surface area contributed by atoms with Gasteiger partial charge >= 0.3 is 0 Å². The zero-order valence-electron chi connectivity index (χ0n) is 10.3. The molecule has 2 rings (SSSR count). The van der Waals surface area contributed by atoms with Gasteiger partial charge in [0.2, 0.25) is 0 Å². The lowest BCUT2D eigenvalue weighted by atomic mass is 10.2. The van der Waals surface area contributed by atoms with Gasteiger partial charge in [-0.05, 0) is 25.1 Å². The molecule has 3 N–H and O–H groups in total. The molecule has 0 unspecified atom stereocenters. The number of hydrogen-bond acceptors (Lipinski definition) is 4. The van der Waals surface area contributed by atoms with Crippen LogP contribution in [-0.4, -0.2) is 19.8 Å². The van der Waals surface area contributed by atoms with Gasteiger partial charge in [0.25, 0.3) is 0 Å². The fourth-order valence-electron chi connectivity index (χ4n) is 1.64. The summed E-state index contributed by atoms with van der Waals surface area (Å²) in [5.41, 5.74) is 8.42. The summed E-state index contributed by atoms with van der Waals surface area (Å²) in [6.45, 7) is 2.56. The molecule has 0 aliphatic rings. The van der Waals surface area contributed by atoms with Gasteiger partial charge in [-0.25, -0.2) is 4.98 Å². The standard InChI is InChI=1S/C12H15N5S/c1-8-3-4-10(11(13)18)12(16-8)14-7-9-5-6-15-17(9)2/h3-6H,7H2,1-2H3,(H2,13,18)(H,14,16). The van der Waals surface area contributed by atoms with Crippen LogP contribution in [0.2, 0.25) is 0 Å². The molecule has 0 saturated heterocycles. The lowest BCUT2D eigenvalue weighted by molar-refractivity contribution is 0.720. The van der Waals surface area contributed by atoms with E-state index in [1.807, 2.05) is 36.9 Å². The third-order valence-electron chi connectivity index (χ3n) is 2.66. The van der Waals surface area contributed by atoms with Crippen LogP contribution in [0.4, 0.5) is 5.82 Å². The number of aromatic nitrogens is 3. The molecule has 2 aromatic rings. The van der Waals surface area contributed by atoms with Gasteiger partial charge in [0.1, 0.15) is 10.8 Å². The molecule has 18 heavy (non-hydrogen) atoms. The second-order valence-corrected chi connectivity index (χ2v) is 4.45. The van der Waals surface area contributed by atoms with E-state index >= 15 is 0 Å². The van der Waals surface area contributed by atoms with E-state index in [0.29, 0.717) is 17.4 Å². The van der Waals surface area contributed by atoms with Gasteiger partial charge in [-0.1, -0.05) is 12.2 Å². The van der Waals surface area contributed by atoms with Crippen molar-refractivity contribution in [2.24, 2.45) is 12.8 Å². The summed E-state index contributed by atoms with van der Waals surface area (Å²) in [6, 6.07) is 5.73. The Morgan fingerprint density at radius 2 is 2.22 bits per heavy atom. The van der Waals surface area contributed by atoms with E-state index in [2.05, 4.69) is 15.4 Å². The highest BCUT2D eigenvalue weighted by molar-refractivity contribution is 7.80. The average molecular weight is 261 g/mol. The molecule has 2 aromatic heterocycles. The normalized spacial score (nSPS) is 10.3. The molecule has 0 atom stereocenters. The van der Waals surface area contributed by atoms with Gasteiger partial charge in [0.05, 0.1) is 17.8 Å². The van der Waals surface area contributed by atoms with Crippen LogP contribution in [0.3, 0.4) is 0 Å². The Labute approximate surface area is 111 Å². The SMILES string of the molecule is Cc1ccc(C(N)=S)c(NCc2ccnn2C)n1. The molecule has 0 aliphatic carbocycles. The summed E-state index contributed by atoms with van der Waals surface area (Å²) in [5.74, 6) is 0.712. The summed E-state index contributed by atoms with van der Waals surface area (Å²) in [7, 11) is 1.90. The highest BCUT2D eigenvalue weighted by atomic mass is 32.1. The van der Waals surface area contributed by atoms with Gasteiger partial charge in [-0.3, -0.25) is 4.68 Å². The Balaban J connectivity index is 2.20. The Morgan fingerprint density at radius 1 is 1.44 bits per heavy atom.